The molecular formula is C15H19N5O4. The third-order valence-corrected chi connectivity index (χ3v) is 4.33. The Labute approximate surface area is 137 Å². The third-order valence-electron chi connectivity index (χ3n) is 4.33. The molecule has 2 aromatic rings. The van der Waals surface area contributed by atoms with E-state index >= 15 is 0 Å². The number of nitrogens with one attached hydrogen (secondary N) is 2. The van der Waals surface area contributed by atoms with Crippen molar-refractivity contribution in [2.75, 3.05) is 25.1 Å². The lowest BCUT2D eigenvalue weighted by Gasteiger charge is -2.33. The van der Waals surface area contributed by atoms with Gasteiger partial charge in [-0.2, -0.15) is 10.1 Å². The number of hydroxylamine groups is 1. The van der Waals surface area contributed by atoms with Gasteiger partial charge in [0.15, 0.2) is 0 Å². The molecule has 1 amide bonds. The van der Waals surface area contributed by atoms with Crippen molar-refractivity contribution >= 4 is 22.5 Å². The predicted octanol–water partition coefficient (Wildman–Crippen LogP) is 0.439. The second-order valence-corrected chi connectivity index (χ2v) is 5.82. The molecule has 1 fully saturated rings. The van der Waals surface area contributed by atoms with Crippen molar-refractivity contribution in [3.05, 3.63) is 22.6 Å². The lowest BCUT2D eigenvalue weighted by Crippen LogP contribution is -2.36. The van der Waals surface area contributed by atoms with E-state index in [0.29, 0.717) is 42.0 Å². The molecule has 0 aliphatic carbocycles. The Kier molecular flexibility index (Phi) is 4.61. The summed E-state index contributed by atoms with van der Waals surface area (Å²) in [5.74, 6) is 0.816. The molecule has 0 atom stereocenters. The molecule has 1 saturated heterocycles. The van der Waals surface area contributed by atoms with E-state index in [1.807, 2.05) is 4.90 Å². The van der Waals surface area contributed by atoms with Gasteiger partial charge in [0.2, 0.25) is 11.8 Å². The Morgan fingerprint density at radius 1 is 1.50 bits per heavy atom. The molecule has 9 heteroatoms. The highest BCUT2D eigenvalue weighted by atomic mass is 16.5. The number of rotatable bonds is 4. The lowest BCUT2D eigenvalue weighted by atomic mass is 9.93. The molecule has 9 nitrogen and oxygen atoms in total. The molecule has 128 valence electrons. The summed E-state index contributed by atoms with van der Waals surface area (Å²) in [6, 6.07) is 1.68. The van der Waals surface area contributed by atoms with Gasteiger partial charge in [-0.15, -0.1) is 0 Å². The maximum atomic E-state index is 12.2. The number of fused-ring (bicyclic) bond motifs is 1. The number of carbonyl (C=O) groups is 1. The van der Waals surface area contributed by atoms with Crippen molar-refractivity contribution in [3.8, 4) is 5.88 Å². The molecular weight excluding hydrogens is 314 g/mol. The number of hydrogen-bond donors (Lipinski definition) is 3. The molecule has 0 aromatic carbocycles. The van der Waals surface area contributed by atoms with Crippen molar-refractivity contribution in [2.45, 2.75) is 19.3 Å². The highest BCUT2D eigenvalue weighted by Gasteiger charge is 2.24. The number of hydrogen-bond acceptors (Lipinski definition) is 7. The third kappa shape index (κ3) is 3.16. The number of ether oxygens (including phenoxy) is 1. The first kappa shape index (κ1) is 16.2. The van der Waals surface area contributed by atoms with Gasteiger partial charge in [-0.25, -0.2) is 10.6 Å². The van der Waals surface area contributed by atoms with Gasteiger partial charge in [-0.1, -0.05) is 0 Å². The van der Waals surface area contributed by atoms with Gasteiger partial charge in [0.1, 0.15) is 5.82 Å². The maximum Gasteiger partial charge on any atom is 0.275 e. The van der Waals surface area contributed by atoms with Crippen LogP contribution in [0.4, 0.5) is 5.82 Å². The van der Waals surface area contributed by atoms with Crippen LogP contribution in [0, 0.1) is 5.92 Å². The van der Waals surface area contributed by atoms with Gasteiger partial charge >= 0.3 is 0 Å². The number of piperidine rings is 1. The molecule has 1 aliphatic rings. The molecule has 0 saturated carbocycles. The summed E-state index contributed by atoms with van der Waals surface area (Å²) in [5, 5.41) is 16.0. The van der Waals surface area contributed by atoms with Gasteiger partial charge in [-0.05, 0) is 18.8 Å². The van der Waals surface area contributed by atoms with Crippen LogP contribution >= 0.6 is 0 Å². The zero-order chi connectivity index (χ0) is 17.1. The van der Waals surface area contributed by atoms with Gasteiger partial charge in [0.05, 0.1) is 18.7 Å². The van der Waals surface area contributed by atoms with Crippen molar-refractivity contribution < 1.29 is 14.7 Å². The van der Waals surface area contributed by atoms with Crippen molar-refractivity contribution in [1.82, 2.24) is 20.7 Å². The Bertz CT molecular complexity index is 798. The number of amides is 1. The number of carbonyl (C=O) groups excluding carboxylic acids is 1. The van der Waals surface area contributed by atoms with E-state index in [0.717, 1.165) is 12.8 Å². The summed E-state index contributed by atoms with van der Waals surface area (Å²) in [6.07, 6.45) is 3.41. The number of anilines is 1. The maximum absolute atomic E-state index is 12.2. The first-order valence-electron chi connectivity index (χ1n) is 7.72. The fourth-order valence-corrected chi connectivity index (χ4v) is 3.07. The first-order chi connectivity index (χ1) is 11.6. The van der Waals surface area contributed by atoms with Crippen LogP contribution in [0.3, 0.4) is 0 Å². The minimum Gasteiger partial charge on any atom is -0.481 e. The Balaban J connectivity index is 1.87. The second-order valence-electron chi connectivity index (χ2n) is 5.82. The Morgan fingerprint density at radius 3 is 2.92 bits per heavy atom. The normalized spacial score (nSPS) is 15.5. The van der Waals surface area contributed by atoms with Crippen molar-refractivity contribution in [2.24, 2.45) is 5.92 Å². The highest BCUT2D eigenvalue weighted by Crippen LogP contribution is 2.29. The number of pyridine rings is 1. The quantitative estimate of drug-likeness (QED) is 0.548. The van der Waals surface area contributed by atoms with Crippen LogP contribution in [-0.2, 0) is 4.79 Å². The van der Waals surface area contributed by atoms with Crippen LogP contribution in [0.2, 0.25) is 0 Å². The van der Waals surface area contributed by atoms with E-state index in [1.165, 1.54) is 7.11 Å². The first-order valence-corrected chi connectivity index (χ1v) is 7.72. The SMILES string of the molecule is COc1cc2cn[nH]c(=O)c2c(N2CCC(CC(=O)NO)CC2)n1. The number of nitrogens with zero attached hydrogens (tertiary/aromatic N) is 3. The Morgan fingerprint density at radius 2 is 2.25 bits per heavy atom. The average Bonchev–Trinajstić information content (AvgIpc) is 2.61. The molecule has 3 N–H and O–H groups in total. The summed E-state index contributed by atoms with van der Waals surface area (Å²) in [5.41, 5.74) is 1.38. The van der Waals surface area contributed by atoms with E-state index in [-0.39, 0.29) is 17.4 Å². The van der Waals surface area contributed by atoms with Crippen LogP contribution in [0.5, 0.6) is 5.88 Å². The number of aromatic nitrogens is 3. The molecule has 3 heterocycles. The molecule has 1 aliphatic heterocycles. The van der Waals surface area contributed by atoms with E-state index in [2.05, 4.69) is 15.2 Å². The smallest absolute Gasteiger partial charge is 0.275 e. The van der Waals surface area contributed by atoms with Crippen LogP contribution in [0.25, 0.3) is 10.8 Å². The van der Waals surface area contributed by atoms with Gasteiger partial charge < -0.3 is 9.64 Å². The molecule has 2 aromatic heterocycles. The van der Waals surface area contributed by atoms with E-state index in [1.54, 1.807) is 17.7 Å². The van der Waals surface area contributed by atoms with Crippen molar-refractivity contribution in [3.63, 3.8) is 0 Å². The fourth-order valence-electron chi connectivity index (χ4n) is 3.07. The van der Waals surface area contributed by atoms with E-state index in [4.69, 9.17) is 9.94 Å². The van der Waals surface area contributed by atoms with Gasteiger partial charge in [0, 0.05) is 31.0 Å². The molecule has 0 radical (unpaired) electrons. The van der Waals surface area contributed by atoms with Crippen molar-refractivity contribution in [1.29, 1.82) is 0 Å². The zero-order valence-electron chi connectivity index (χ0n) is 13.3. The molecule has 24 heavy (non-hydrogen) atoms. The van der Waals surface area contributed by atoms with Gasteiger partial charge in [0.25, 0.3) is 5.56 Å². The number of H-pyrrole nitrogens is 1. The zero-order valence-corrected chi connectivity index (χ0v) is 13.3. The van der Waals surface area contributed by atoms with Crippen LogP contribution < -0.4 is 20.7 Å². The number of aromatic amines is 1. The summed E-state index contributed by atoms with van der Waals surface area (Å²) in [6.45, 7) is 1.33. The fraction of sp³-hybridized carbons (Fsp3) is 0.467. The standard InChI is InChI=1S/C15H19N5O4/c1-24-12-7-10-8-16-18-15(22)13(10)14(17-12)20-4-2-9(3-5-20)6-11(21)19-23/h7-9,23H,2-6H2,1H3,(H,18,22)(H,19,21). The predicted molar refractivity (Wildman–Crippen MR) is 86.2 cm³/mol. The minimum absolute atomic E-state index is 0.199. The molecule has 0 spiro atoms. The largest absolute Gasteiger partial charge is 0.481 e. The number of methoxy groups -OCH3 is 1. The Hall–Kier alpha value is -2.68. The minimum atomic E-state index is -0.374. The topological polar surface area (TPSA) is 120 Å². The summed E-state index contributed by atoms with van der Waals surface area (Å²) < 4.78 is 5.22. The van der Waals surface area contributed by atoms with Crippen LogP contribution in [0.1, 0.15) is 19.3 Å². The molecule has 0 bridgehead atoms. The summed E-state index contributed by atoms with van der Waals surface area (Å²) >= 11 is 0. The summed E-state index contributed by atoms with van der Waals surface area (Å²) in [4.78, 5) is 29.9. The monoisotopic (exact) mass is 333 g/mol. The highest BCUT2D eigenvalue weighted by molar-refractivity contribution is 5.91. The van der Waals surface area contributed by atoms with Gasteiger partial charge in [-0.3, -0.25) is 14.8 Å². The lowest BCUT2D eigenvalue weighted by molar-refractivity contribution is -0.130. The van der Waals surface area contributed by atoms with Crippen LogP contribution in [0.15, 0.2) is 17.1 Å². The van der Waals surface area contributed by atoms with E-state index < -0.39 is 0 Å². The second kappa shape index (κ2) is 6.83. The van der Waals surface area contributed by atoms with Crippen LogP contribution in [-0.4, -0.2) is 46.5 Å². The molecule has 0 unspecified atom stereocenters. The summed E-state index contributed by atoms with van der Waals surface area (Å²) in [7, 11) is 1.53. The average molecular weight is 333 g/mol. The van der Waals surface area contributed by atoms with E-state index in [9.17, 15) is 9.59 Å². The molecule has 3 rings (SSSR count).